The van der Waals surface area contributed by atoms with E-state index in [9.17, 15) is 9.59 Å². The van der Waals surface area contributed by atoms with Crippen LogP contribution in [-0.4, -0.2) is 47.7 Å². The zero-order valence-electron chi connectivity index (χ0n) is 20.8. The number of ether oxygens (including phenoxy) is 1. The summed E-state index contributed by atoms with van der Waals surface area (Å²) in [5, 5.41) is 10.1. The number of aromatic nitrogens is 1. The van der Waals surface area contributed by atoms with Crippen molar-refractivity contribution in [3.63, 3.8) is 0 Å². The van der Waals surface area contributed by atoms with E-state index in [1.807, 2.05) is 79.0 Å². The SMILES string of the molecule is COc1ccc(C(CNC(=O)CCC(=O)N2CCC(c3ccccc3)=N2)c2c[nH]c3ccccc23)cc1. The molecule has 2 heterocycles. The number of aromatic amines is 1. The molecule has 37 heavy (non-hydrogen) atoms. The average Bonchev–Trinajstić information content (AvgIpc) is 3.61. The minimum Gasteiger partial charge on any atom is -0.497 e. The van der Waals surface area contributed by atoms with Gasteiger partial charge in [-0.05, 0) is 34.9 Å². The number of benzene rings is 3. The molecule has 0 fully saturated rings. The third-order valence-corrected chi connectivity index (χ3v) is 6.78. The molecule has 2 N–H and O–H groups in total. The lowest BCUT2D eigenvalue weighted by Gasteiger charge is -2.19. The third-order valence-electron chi connectivity index (χ3n) is 6.78. The molecule has 0 radical (unpaired) electrons. The summed E-state index contributed by atoms with van der Waals surface area (Å²) in [6.07, 6.45) is 2.97. The number of hydrogen-bond acceptors (Lipinski definition) is 4. The van der Waals surface area contributed by atoms with Crippen LogP contribution in [0.15, 0.2) is 90.2 Å². The Balaban J connectivity index is 1.22. The Morgan fingerprint density at radius 2 is 1.76 bits per heavy atom. The Morgan fingerprint density at radius 3 is 2.54 bits per heavy atom. The fraction of sp³-hybridized carbons (Fsp3) is 0.233. The second-order valence-corrected chi connectivity index (χ2v) is 9.10. The summed E-state index contributed by atoms with van der Waals surface area (Å²) >= 11 is 0. The standard InChI is InChI=1S/C30H30N4O3/c1-37-23-13-11-21(12-14-23)25(26-20-31-28-10-6-5-9-24(26)28)19-32-29(35)15-16-30(36)34-18-17-27(33-34)22-7-3-2-4-8-22/h2-14,20,25,31H,15-19H2,1H3,(H,32,35). The third kappa shape index (κ3) is 5.56. The highest BCUT2D eigenvalue weighted by Crippen LogP contribution is 2.31. The summed E-state index contributed by atoms with van der Waals surface area (Å²) in [5.41, 5.74) is 5.16. The molecule has 1 aliphatic rings. The Kier molecular flexibility index (Phi) is 7.31. The van der Waals surface area contributed by atoms with E-state index in [-0.39, 0.29) is 30.6 Å². The number of hydrazone groups is 1. The van der Waals surface area contributed by atoms with Crippen LogP contribution >= 0.6 is 0 Å². The van der Waals surface area contributed by atoms with E-state index in [0.29, 0.717) is 13.1 Å². The Bertz CT molecular complexity index is 1410. The topological polar surface area (TPSA) is 86.8 Å². The molecule has 5 rings (SSSR count). The maximum atomic E-state index is 12.8. The lowest BCUT2D eigenvalue weighted by atomic mass is 9.90. The van der Waals surface area contributed by atoms with Crippen LogP contribution in [0, 0.1) is 0 Å². The van der Waals surface area contributed by atoms with Gasteiger partial charge in [0.15, 0.2) is 0 Å². The molecule has 1 atom stereocenters. The summed E-state index contributed by atoms with van der Waals surface area (Å²) in [6.45, 7) is 0.964. The van der Waals surface area contributed by atoms with E-state index in [0.717, 1.165) is 45.5 Å². The Hall–Kier alpha value is -4.39. The van der Waals surface area contributed by atoms with Crippen molar-refractivity contribution in [1.82, 2.24) is 15.3 Å². The van der Waals surface area contributed by atoms with Crippen molar-refractivity contribution in [3.8, 4) is 5.75 Å². The highest BCUT2D eigenvalue weighted by atomic mass is 16.5. The lowest BCUT2D eigenvalue weighted by Crippen LogP contribution is -2.30. The summed E-state index contributed by atoms with van der Waals surface area (Å²) in [4.78, 5) is 28.8. The van der Waals surface area contributed by atoms with Gasteiger partial charge in [0, 0.05) is 48.8 Å². The van der Waals surface area contributed by atoms with Gasteiger partial charge in [-0.25, -0.2) is 5.01 Å². The van der Waals surface area contributed by atoms with Gasteiger partial charge in [-0.15, -0.1) is 0 Å². The number of amides is 2. The number of H-pyrrole nitrogens is 1. The van der Waals surface area contributed by atoms with Crippen LogP contribution < -0.4 is 10.1 Å². The monoisotopic (exact) mass is 494 g/mol. The molecule has 1 aliphatic heterocycles. The molecular formula is C30H30N4O3. The zero-order chi connectivity index (χ0) is 25.6. The number of fused-ring (bicyclic) bond motifs is 1. The number of nitrogens with zero attached hydrogens (tertiary/aromatic N) is 2. The number of rotatable bonds is 9. The molecule has 0 saturated heterocycles. The molecule has 2 amide bonds. The van der Waals surface area contributed by atoms with Crippen LogP contribution in [0.3, 0.4) is 0 Å². The second kappa shape index (κ2) is 11.1. The first-order valence-corrected chi connectivity index (χ1v) is 12.5. The smallest absolute Gasteiger partial charge is 0.243 e. The van der Waals surface area contributed by atoms with E-state index in [1.165, 1.54) is 5.01 Å². The highest BCUT2D eigenvalue weighted by molar-refractivity contribution is 6.02. The molecular weight excluding hydrogens is 464 g/mol. The van der Waals surface area contributed by atoms with Crippen LogP contribution in [0.25, 0.3) is 10.9 Å². The first-order valence-electron chi connectivity index (χ1n) is 12.5. The van der Waals surface area contributed by atoms with Gasteiger partial charge in [-0.1, -0.05) is 60.7 Å². The van der Waals surface area contributed by atoms with Gasteiger partial charge in [0.25, 0.3) is 0 Å². The molecule has 188 valence electrons. The predicted octanol–water partition coefficient (Wildman–Crippen LogP) is 4.84. The molecule has 0 bridgehead atoms. The van der Waals surface area contributed by atoms with Gasteiger partial charge in [0.05, 0.1) is 19.4 Å². The Morgan fingerprint density at radius 1 is 1.00 bits per heavy atom. The largest absolute Gasteiger partial charge is 0.497 e. The maximum Gasteiger partial charge on any atom is 0.243 e. The van der Waals surface area contributed by atoms with Gasteiger partial charge in [0.1, 0.15) is 5.75 Å². The number of carbonyl (C=O) groups is 2. The number of para-hydroxylation sites is 1. The minimum atomic E-state index is -0.154. The first kappa shape index (κ1) is 24.3. The molecule has 3 aromatic carbocycles. The van der Waals surface area contributed by atoms with Crippen molar-refractivity contribution in [2.45, 2.75) is 25.2 Å². The summed E-state index contributed by atoms with van der Waals surface area (Å²) < 4.78 is 5.32. The van der Waals surface area contributed by atoms with Crippen LogP contribution in [0.5, 0.6) is 5.75 Å². The molecule has 1 unspecified atom stereocenters. The zero-order valence-corrected chi connectivity index (χ0v) is 20.8. The van der Waals surface area contributed by atoms with Gasteiger partial charge in [0.2, 0.25) is 11.8 Å². The number of carbonyl (C=O) groups excluding carboxylic acids is 2. The second-order valence-electron chi connectivity index (χ2n) is 9.10. The fourth-order valence-electron chi connectivity index (χ4n) is 4.75. The molecule has 0 spiro atoms. The first-order chi connectivity index (χ1) is 18.1. The number of methoxy groups -OCH3 is 1. The van der Waals surface area contributed by atoms with Crippen molar-refractivity contribution in [2.75, 3.05) is 20.2 Å². The van der Waals surface area contributed by atoms with Crippen molar-refractivity contribution in [3.05, 3.63) is 102 Å². The van der Waals surface area contributed by atoms with Crippen molar-refractivity contribution >= 4 is 28.4 Å². The molecule has 1 aromatic heterocycles. The Labute approximate surface area is 216 Å². The fourth-order valence-corrected chi connectivity index (χ4v) is 4.75. The quantitative estimate of drug-likeness (QED) is 0.349. The highest BCUT2D eigenvalue weighted by Gasteiger charge is 2.23. The number of hydrogen-bond donors (Lipinski definition) is 2. The van der Waals surface area contributed by atoms with E-state index in [2.05, 4.69) is 21.5 Å². The van der Waals surface area contributed by atoms with Gasteiger partial charge < -0.3 is 15.0 Å². The van der Waals surface area contributed by atoms with Crippen LogP contribution in [0.4, 0.5) is 0 Å². The van der Waals surface area contributed by atoms with E-state index in [4.69, 9.17) is 4.74 Å². The molecule has 7 heteroatoms. The van der Waals surface area contributed by atoms with Crippen LogP contribution in [0.1, 0.15) is 41.9 Å². The maximum absolute atomic E-state index is 12.8. The normalized spacial score (nSPS) is 13.9. The van der Waals surface area contributed by atoms with Crippen molar-refractivity contribution in [2.24, 2.45) is 5.10 Å². The van der Waals surface area contributed by atoms with Crippen LogP contribution in [0.2, 0.25) is 0 Å². The van der Waals surface area contributed by atoms with Crippen molar-refractivity contribution < 1.29 is 14.3 Å². The summed E-state index contributed by atoms with van der Waals surface area (Å²) in [5.74, 6) is 0.435. The van der Waals surface area contributed by atoms with E-state index in [1.54, 1.807) is 7.11 Å². The van der Waals surface area contributed by atoms with E-state index < -0.39 is 0 Å². The molecule has 0 aliphatic carbocycles. The van der Waals surface area contributed by atoms with E-state index >= 15 is 0 Å². The molecule has 0 saturated carbocycles. The van der Waals surface area contributed by atoms with Crippen LogP contribution in [-0.2, 0) is 9.59 Å². The molecule has 7 nitrogen and oxygen atoms in total. The summed E-state index contributed by atoms with van der Waals surface area (Å²) in [6, 6.07) is 25.9. The molecule has 4 aromatic rings. The average molecular weight is 495 g/mol. The predicted molar refractivity (Wildman–Crippen MR) is 145 cm³/mol. The van der Waals surface area contributed by atoms with Gasteiger partial charge >= 0.3 is 0 Å². The minimum absolute atomic E-state index is 0.0571. The summed E-state index contributed by atoms with van der Waals surface area (Å²) in [7, 11) is 1.64. The van der Waals surface area contributed by atoms with Gasteiger partial charge in [-0.3, -0.25) is 9.59 Å². The lowest BCUT2D eigenvalue weighted by molar-refractivity contribution is -0.133. The van der Waals surface area contributed by atoms with Gasteiger partial charge in [-0.2, -0.15) is 5.10 Å². The number of nitrogens with one attached hydrogen (secondary N) is 2. The van der Waals surface area contributed by atoms with Crippen molar-refractivity contribution in [1.29, 1.82) is 0 Å².